The van der Waals surface area contributed by atoms with Gasteiger partial charge in [0.2, 0.25) is 0 Å². The first-order valence-corrected chi connectivity index (χ1v) is 5.25. The van der Waals surface area contributed by atoms with Gasteiger partial charge in [-0.05, 0) is 24.6 Å². The summed E-state index contributed by atoms with van der Waals surface area (Å²) in [4.78, 5) is 10.6. The predicted molar refractivity (Wildman–Crippen MR) is 57.2 cm³/mol. The van der Waals surface area contributed by atoms with Crippen LogP contribution in [0, 0.1) is 5.92 Å². The van der Waals surface area contributed by atoms with Crippen LogP contribution in [-0.4, -0.2) is 22.3 Å². The summed E-state index contributed by atoms with van der Waals surface area (Å²) >= 11 is 0. The number of aliphatic carboxylic acids is 1. The van der Waals surface area contributed by atoms with Crippen molar-refractivity contribution < 1.29 is 19.7 Å². The molecule has 1 aliphatic rings. The van der Waals surface area contributed by atoms with Crippen LogP contribution >= 0.6 is 0 Å². The van der Waals surface area contributed by atoms with E-state index in [4.69, 9.17) is 9.84 Å². The Labute approximate surface area is 93.5 Å². The number of hydrogen-bond acceptors (Lipinski definition) is 3. The van der Waals surface area contributed by atoms with Crippen molar-refractivity contribution in [3.63, 3.8) is 0 Å². The fraction of sp³-hybridized carbons (Fsp3) is 0.417. The average molecular weight is 222 g/mol. The molecule has 4 heteroatoms. The second-order valence-corrected chi connectivity index (χ2v) is 4.08. The summed E-state index contributed by atoms with van der Waals surface area (Å²) in [5.41, 5.74) is 0.818. The maximum absolute atomic E-state index is 10.6. The quantitative estimate of drug-likeness (QED) is 0.811. The summed E-state index contributed by atoms with van der Waals surface area (Å²) in [5.74, 6) is -0.514. The number of aliphatic hydroxyl groups is 1. The lowest BCUT2D eigenvalue weighted by atomic mass is 10.1. The van der Waals surface area contributed by atoms with Gasteiger partial charge in [-0.2, -0.15) is 0 Å². The largest absolute Gasteiger partial charge is 0.490 e. The molecule has 0 aromatic heterocycles. The fourth-order valence-corrected chi connectivity index (χ4v) is 1.56. The SMILES string of the molecule is CC(O)c1ccc(OC2CC2C(=O)O)cc1. The van der Waals surface area contributed by atoms with Gasteiger partial charge < -0.3 is 14.9 Å². The number of benzene rings is 1. The zero-order valence-corrected chi connectivity index (χ0v) is 8.96. The molecule has 0 saturated heterocycles. The van der Waals surface area contributed by atoms with Crippen LogP contribution in [-0.2, 0) is 4.79 Å². The van der Waals surface area contributed by atoms with E-state index in [1.807, 2.05) is 0 Å². The van der Waals surface area contributed by atoms with E-state index in [2.05, 4.69) is 0 Å². The van der Waals surface area contributed by atoms with E-state index in [1.54, 1.807) is 31.2 Å². The molecule has 0 heterocycles. The molecule has 1 aromatic carbocycles. The molecule has 0 spiro atoms. The molecular formula is C12H14O4. The Bertz CT molecular complexity index is 383. The summed E-state index contributed by atoms with van der Waals surface area (Å²) in [5, 5.41) is 18.0. The van der Waals surface area contributed by atoms with E-state index in [0.29, 0.717) is 12.2 Å². The highest BCUT2D eigenvalue weighted by atomic mass is 16.5. The normalized spacial score (nSPS) is 24.9. The summed E-state index contributed by atoms with van der Waals surface area (Å²) in [6, 6.07) is 7.05. The lowest BCUT2D eigenvalue weighted by Crippen LogP contribution is -2.07. The highest BCUT2D eigenvalue weighted by Gasteiger charge is 2.45. The summed E-state index contributed by atoms with van der Waals surface area (Å²) < 4.78 is 5.47. The summed E-state index contributed by atoms with van der Waals surface area (Å²) in [7, 11) is 0. The molecule has 0 amide bonds. The Morgan fingerprint density at radius 3 is 2.50 bits per heavy atom. The van der Waals surface area contributed by atoms with Crippen molar-refractivity contribution in [2.45, 2.75) is 25.6 Å². The molecule has 1 saturated carbocycles. The zero-order valence-electron chi connectivity index (χ0n) is 8.96. The Hall–Kier alpha value is -1.55. The van der Waals surface area contributed by atoms with Crippen LogP contribution in [0.3, 0.4) is 0 Å². The monoisotopic (exact) mass is 222 g/mol. The van der Waals surface area contributed by atoms with Crippen LogP contribution < -0.4 is 4.74 Å². The third-order valence-corrected chi connectivity index (χ3v) is 2.70. The molecule has 2 N–H and O–H groups in total. The van der Waals surface area contributed by atoms with Gasteiger partial charge in [-0.25, -0.2) is 0 Å². The third kappa shape index (κ3) is 2.33. The molecule has 3 unspecified atom stereocenters. The number of carboxylic acid groups (broad SMARTS) is 1. The van der Waals surface area contributed by atoms with Crippen molar-refractivity contribution in [1.29, 1.82) is 0 Å². The number of aliphatic hydroxyl groups excluding tert-OH is 1. The molecule has 2 rings (SSSR count). The Balaban J connectivity index is 1.94. The lowest BCUT2D eigenvalue weighted by molar-refractivity contribution is -0.139. The minimum absolute atomic E-state index is 0.199. The first-order chi connectivity index (χ1) is 7.58. The summed E-state index contributed by atoms with van der Waals surface area (Å²) in [6.45, 7) is 1.69. The van der Waals surface area contributed by atoms with E-state index in [0.717, 1.165) is 5.56 Å². The first kappa shape index (κ1) is 11.0. The second kappa shape index (κ2) is 4.14. The van der Waals surface area contributed by atoms with E-state index in [1.165, 1.54) is 0 Å². The zero-order chi connectivity index (χ0) is 11.7. The van der Waals surface area contributed by atoms with Crippen molar-refractivity contribution in [3.8, 4) is 5.75 Å². The van der Waals surface area contributed by atoms with Crippen molar-refractivity contribution >= 4 is 5.97 Å². The van der Waals surface area contributed by atoms with Gasteiger partial charge in [-0.15, -0.1) is 0 Å². The van der Waals surface area contributed by atoms with Crippen molar-refractivity contribution in [3.05, 3.63) is 29.8 Å². The maximum Gasteiger partial charge on any atom is 0.310 e. The van der Waals surface area contributed by atoms with Gasteiger partial charge in [0.1, 0.15) is 11.9 Å². The predicted octanol–water partition coefficient (Wildman–Crippen LogP) is 1.59. The molecule has 0 aliphatic heterocycles. The van der Waals surface area contributed by atoms with Crippen molar-refractivity contribution in [2.75, 3.05) is 0 Å². The van der Waals surface area contributed by atoms with Gasteiger partial charge in [0, 0.05) is 6.42 Å². The molecule has 0 bridgehead atoms. The molecule has 1 aromatic rings. The van der Waals surface area contributed by atoms with Gasteiger partial charge in [0.15, 0.2) is 0 Å². The lowest BCUT2D eigenvalue weighted by Gasteiger charge is -2.07. The fourth-order valence-electron chi connectivity index (χ4n) is 1.56. The summed E-state index contributed by atoms with van der Waals surface area (Å²) in [6.07, 6.45) is -0.121. The Kier molecular flexibility index (Phi) is 2.83. The molecule has 86 valence electrons. The maximum atomic E-state index is 10.6. The Morgan fingerprint density at radius 1 is 1.44 bits per heavy atom. The van der Waals surface area contributed by atoms with Crippen LogP contribution in [0.4, 0.5) is 0 Å². The minimum Gasteiger partial charge on any atom is -0.490 e. The first-order valence-electron chi connectivity index (χ1n) is 5.25. The molecule has 16 heavy (non-hydrogen) atoms. The van der Waals surface area contributed by atoms with E-state index < -0.39 is 12.1 Å². The molecular weight excluding hydrogens is 208 g/mol. The van der Waals surface area contributed by atoms with Crippen LogP contribution in [0.5, 0.6) is 5.75 Å². The molecule has 0 radical (unpaired) electrons. The molecule has 3 atom stereocenters. The van der Waals surface area contributed by atoms with Gasteiger partial charge in [-0.1, -0.05) is 12.1 Å². The van der Waals surface area contributed by atoms with E-state index in [-0.39, 0.29) is 12.0 Å². The van der Waals surface area contributed by atoms with Crippen LogP contribution in [0.15, 0.2) is 24.3 Å². The molecule has 4 nitrogen and oxygen atoms in total. The second-order valence-electron chi connectivity index (χ2n) is 4.08. The molecule has 1 fully saturated rings. The Morgan fingerprint density at radius 2 is 2.06 bits per heavy atom. The minimum atomic E-state index is -0.800. The van der Waals surface area contributed by atoms with Crippen LogP contribution in [0.25, 0.3) is 0 Å². The highest BCUT2D eigenvalue weighted by Crippen LogP contribution is 2.35. The van der Waals surface area contributed by atoms with E-state index in [9.17, 15) is 9.90 Å². The van der Waals surface area contributed by atoms with E-state index >= 15 is 0 Å². The third-order valence-electron chi connectivity index (χ3n) is 2.70. The van der Waals surface area contributed by atoms with Gasteiger partial charge in [0.05, 0.1) is 12.0 Å². The highest BCUT2D eigenvalue weighted by molar-refractivity contribution is 5.74. The van der Waals surface area contributed by atoms with Crippen LogP contribution in [0.2, 0.25) is 0 Å². The standard InChI is InChI=1S/C12H14O4/c1-7(13)8-2-4-9(5-3-8)16-11-6-10(11)12(14)15/h2-5,7,10-11,13H,6H2,1H3,(H,14,15). The van der Waals surface area contributed by atoms with Crippen molar-refractivity contribution in [1.82, 2.24) is 0 Å². The van der Waals surface area contributed by atoms with Crippen molar-refractivity contribution in [2.24, 2.45) is 5.92 Å². The van der Waals surface area contributed by atoms with Gasteiger partial charge >= 0.3 is 5.97 Å². The van der Waals surface area contributed by atoms with Gasteiger partial charge in [0.25, 0.3) is 0 Å². The number of ether oxygens (including phenoxy) is 1. The number of carboxylic acids is 1. The topological polar surface area (TPSA) is 66.8 Å². The average Bonchev–Trinajstić information content (AvgIpc) is 2.98. The number of carbonyl (C=O) groups is 1. The van der Waals surface area contributed by atoms with Crippen LogP contribution in [0.1, 0.15) is 25.0 Å². The number of rotatable bonds is 4. The molecule has 1 aliphatic carbocycles. The smallest absolute Gasteiger partial charge is 0.310 e. The number of hydrogen-bond donors (Lipinski definition) is 2. The van der Waals surface area contributed by atoms with Gasteiger partial charge in [-0.3, -0.25) is 4.79 Å².